The molecule has 0 aliphatic rings. The van der Waals surface area contributed by atoms with Crippen LogP contribution in [0.25, 0.3) is 0 Å². The molecule has 27 heavy (non-hydrogen) atoms. The normalized spacial score (nSPS) is 11.8. The van der Waals surface area contributed by atoms with Gasteiger partial charge in [-0.15, -0.1) is 0 Å². The van der Waals surface area contributed by atoms with Crippen LogP contribution in [0.2, 0.25) is 0 Å². The molecule has 0 aromatic heterocycles. The van der Waals surface area contributed by atoms with Gasteiger partial charge in [-0.25, -0.2) is 0 Å². The first-order valence-electron chi connectivity index (χ1n) is 9.30. The Morgan fingerprint density at radius 3 is 2.33 bits per heavy atom. The van der Waals surface area contributed by atoms with E-state index in [9.17, 15) is 0 Å². The minimum Gasteiger partial charge on any atom is -0.493 e. The molecule has 0 aliphatic carbocycles. The predicted molar refractivity (Wildman–Crippen MR) is 110 cm³/mol. The molecule has 3 aromatic rings. The van der Waals surface area contributed by atoms with Crippen molar-refractivity contribution in [2.45, 2.75) is 33.0 Å². The number of aryl methyl sites for hydroxylation is 1. The molecule has 0 aliphatic heterocycles. The van der Waals surface area contributed by atoms with Crippen molar-refractivity contribution in [3.8, 4) is 11.5 Å². The number of methoxy groups -OCH3 is 1. The lowest BCUT2D eigenvalue weighted by atomic mass is 10.1. The van der Waals surface area contributed by atoms with Gasteiger partial charge in [0.15, 0.2) is 11.5 Å². The smallest absolute Gasteiger partial charge is 0.166 e. The van der Waals surface area contributed by atoms with Crippen LogP contribution in [-0.4, -0.2) is 7.11 Å². The first kappa shape index (κ1) is 19.0. The maximum atomic E-state index is 6.16. The summed E-state index contributed by atoms with van der Waals surface area (Å²) in [7, 11) is 1.68. The van der Waals surface area contributed by atoms with Gasteiger partial charge in [0, 0.05) is 18.2 Å². The van der Waals surface area contributed by atoms with Crippen molar-refractivity contribution >= 4 is 0 Å². The molecule has 3 aromatic carbocycles. The van der Waals surface area contributed by atoms with Crippen molar-refractivity contribution in [3.63, 3.8) is 0 Å². The summed E-state index contributed by atoms with van der Waals surface area (Å²) in [5, 5.41) is 3.58. The van der Waals surface area contributed by atoms with Gasteiger partial charge in [0.2, 0.25) is 0 Å². The van der Waals surface area contributed by atoms with E-state index < -0.39 is 0 Å². The number of nitrogens with one attached hydrogen (secondary N) is 1. The lowest BCUT2D eigenvalue weighted by Crippen LogP contribution is -2.18. The Balaban J connectivity index is 1.71. The Kier molecular flexibility index (Phi) is 6.50. The van der Waals surface area contributed by atoms with Crippen LogP contribution in [0, 0.1) is 6.92 Å². The van der Waals surface area contributed by atoms with Crippen LogP contribution in [0.5, 0.6) is 11.5 Å². The number of hydrogen-bond donors (Lipinski definition) is 1. The summed E-state index contributed by atoms with van der Waals surface area (Å²) in [5.41, 5.74) is 4.74. The van der Waals surface area contributed by atoms with Crippen LogP contribution in [0.15, 0.2) is 72.8 Å². The van der Waals surface area contributed by atoms with Crippen molar-refractivity contribution in [3.05, 3.63) is 95.1 Å². The topological polar surface area (TPSA) is 30.5 Å². The Bertz CT molecular complexity index is 844. The average molecular weight is 361 g/mol. The summed E-state index contributed by atoms with van der Waals surface area (Å²) in [5.74, 6) is 1.56. The first-order valence-corrected chi connectivity index (χ1v) is 9.30. The lowest BCUT2D eigenvalue weighted by Gasteiger charge is -2.18. The number of hydrogen-bond acceptors (Lipinski definition) is 3. The van der Waals surface area contributed by atoms with Gasteiger partial charge in [0.1, 0.15) is 6.61 Å². The van der Waals surface area contributed by atoms with E-state index in [1.54, 1.807) is 7.11 Å². The zero-order chi connectivity index (χ0) is 19.1. The summed E-state index contributed by atoms with van der Waals surface area (Å²) in [6, 6.07) is 25.1. The predicted octanol–water partition coefficient (Wildman–Crippen LogP) is 5.43. The third kappa shape index (κ3) is 5.11. The van der Waals surface area contributed by atoms with Crippen LogP contribution >= 0.6 is 0 Å². The molecule has 140 valence electrons. The van der Waals surface area contributed by atoms with Crippen LogP contribution in [0.3, 0.4) is 0 Å². The molecule has 0 amide bonds. The van der Waals surface area contributed by atoms with E-state index in [0.717, 1.165) is 22.6 Å². The highest BCUT2D eigenvalue weighted by atomic mass is 16.5. The monoisotopic (exact) mass is 361 g/mol. The molecule has 0 saturated heterocycles. The van der Waals surface area contributed by atoms with E-state index in [-0.39, 0.29) is 6.04 Å². The van der Waals surface area contributed by atoms with Crippen molar-refractivity contribution in [1.29, 1.82) is 0 Å². The first-order chi connectivity index (χ1) is 13.2. The van der Waals surface area contributed by atoms with Crippen LogP contribution < -0.4 is 14.8 Å². The highest BCUT2D eigenvalue weighted by Crippen LogP contribution is 2.32. The van der Waals surface area contributed by atoms with Gasteiger partial charge in [0.05, 0.1) is 7.11 Å². The van der Waals surface area contributed by atoms with E-state index in [1.165, 1.54) is 11.1 Å². The summed E-state index contributed by atoms with van der Waals surface area (Å²) >= 11 is 0. The molecule has 0 unspecified atom stereocenters. The Hall–Kier alpha value is -2.78. The standard InChI is InChI=1S/C24H27NO2/c1-18-12-14-20(15-13-18)17-27-24-22(10-7-11-23(24)26-3)16-25-19(2)21-8-5-4-6-9-21/h4-15,19,25H,16-17H2,1-3H3/t19-/m0/s1. The molecule has 1 N–H and O–H groups in total. The molecule has 0 bridgehead atoms. The van der Waals surface area contributed by atoms with E-state index in [2.05, 4.69) is 73.8 Å². The summed E-state index contributed by atoms with van der Waals surface area (Å²) in [6.45, 7) is 5.48. The Morgan fingerprint density at radius 1 is 0.889 bits per heavy atom. The fourth-order valence-electron chi connectivity index (χ4n) is 2.99. The highest BCUT2D eigenvalue weighted by molar-refractivity contribution is 5.46. The second kappa shape index (κ2) is 9.24. The molecule has 0 radical (unpaired) electrons. The maximum Gasteiger partial charge on any atom is 0.166 e. The van der Waals surface area contributed by atoms with Gasteiger partial charge < -0.3 is 14.8 Å². The molecule has 3 heteroatoms. The Labute approximate surface area is 162 Å². The molecule has 0 saturated carbocycles. The summed E-state index contributed by atoms with van der Waals surface area (Å²) < 4.78 is 11.7. The quantitative estimate of drug-likeness (QED) is 0.580. The Morgan fingerprint density at radius 2 is 1.63 bits per heavy atom. The fourth-order valence-corrected chi connectivity index (χ4v) is 2.99. The van der Waals surface area contributed by atoms with Gasteiger partial charge in [-0.05, 0) is 31.0 Å². The van der Waals surface area contributed by atoms with Crippen LogP contribution in [0.4, 0.5) is 0 Å². The third-order valence-corrected chi connectivity index (χ3v) is 4.68. The number of rotatable bonds is 8. The molecular weight excluding hydrogens is 334 g/mol. The zero-order valence-corrected chi connectivity index (χ0v) is 16.2. The molecular formula is C24H27NO2. The molecule has 0 heterocycles. The maximum absolute atomic E-state index is 6.16. The van der Waals surface area contributed by atoms with Gasteiger partial charge in [-0.3, -0.25) is 0 Å². The molecule has 0 fully saturated rings. The molecule has 3 rings (SSSR count). The van der Waals surface area contributed by atoms with E-state index in [0.29, 0.717) is 13.2 Å². The third-order valence-electron chi connectivity index (χ3n) is 4.68. The second-order valence-corrected chi connectivity index (χ2v) is 6.74. The van der Waals surface area contributed by atoms with E-state index in [1.807, 2.05) is 18.2 Å². The van der Waals surface area contributed by atoms with Crippen LogP contribution in [0.1, 0.15) is 35.2 Å². The van der Waals surface area contributed by atoms with E-state index in [4.69, 9.17) is 9.47 Å². The van der Waals surface area contributed by atoms with E-state index >= 15 is 0 Å². The number of benzene rings is 3. The van der Waals surface area contributed by atoms with Crippen molar-refractivity contribution < 1.29 is 9.47 Å². The minimum absolute atomic E-state index is 0.252. The van der Waals surface area contributed by atoms with Crippen LogP contribution in [-0.2, 0) is 13.2 Å². The van der Waals surface area contributed by atoms with Crippen molar-refractivity contribution in [2.24, 2.45) is 0 Å². The SMILES string of the molecule is COc1cccc(CN[C@@H](C)c2ccccc2)c1OCc1ccc(C)cc1. The second-order valence-electron chi connectivity index (χ2n) is 6.74. The van der Waals surface area contributed by atoms with Crippen molar-refractivity contribution in [1.82, 2.24) is 5.32 Å². The average Bonchev–Trinajstić information content (AvgIpc) is 2.72. The molecule has 3 nitrogen and oxygen atoms in total. The fraction of sp³-hybridized carbons (Fsp3) is 0.250. The van der Waals surface area contributed by atoms with Crippen molar-refractivity contribution in [2.75, 3.05) is 7.11 Å². The molecule has 0 spiro atoms. The largest absolute Gasteiger partial charge is 0.493 e. The number of ether oxygens (including phenoxy) is 2. The summed E-state index contributed by atoms with van der Waals surface area (Å²) in [4.78, 5) is 0. The lowest BCUT2D eigenvalue weighted by molar-refractivity contribution is 0.280. The van der Waals surface area contributed by atoms with Gasteiger partial charge in [0.25, 0.3) is 0 Å². The summed E-state index contributed by atoms with van der Waals surface area (Å²) in [6.07, 6.45) is 0. The number of para-hydroxylation sites is 1. The van der Waals surface area contributed by atoms with Gasteiger partial charge >= 0.3 is 0 Å². The minimum atomic E-state index is 0.252. The van der Waals surface area contributed by atoms with Gasteiger partial charge in [-0.2, -0.15) is 0 Å². The van der Waals surface area contributed by atoms with Gasteiger partial charge in [-0.1, -0.05) is 72.3 Å². The zero-order valence-electron chi connectivity index (χ0n) is 16.2. The highest BCUT2D eigenvalue weighted by Gasteiger charge is 2.12. The molecule has 1 atom stereocenters.